The standard InChI is InChI=1S/C14H15FN4O/c1-8-3-6-11(15)10(7-8)13(20)16-14-18-17-12(19(14)2)9-4-5-9/h3,6-7,9H,4-5H2,1-2H3,(H,16,18,20). The van der Waals surface area contributed by atoms with E-state index < -0.39 is 11.7 Å². The molecule has 1 fully saturated rings. The zero-order valence-corrected chi connectivity index (χ0v) is 11.4. The number of aryl methyl sites for hydroxylation is 1. The van der Waals surface area contributed by atoms with Crippen molar-refractivity contribution >= 4 is 11.9 Å². The third kappa shape index (κ3) is 2.29. The van der Waals surface area contributed by atoms with Gasteiger partial charge in [0, 0.05) is 13.0 Å². The van der Waals surface area contributed by atoms with Gasteiger partial charge in [0.05, 0.1) is 5.56 Å². The number of amides is 1. The molecule has 0 unspecified atom stereocenters. The van der Waals surface area contributed by atoms with Crippen molar-refractivity contribution in [1.29, 1.82) is 0 Å². The summed E-state index contributed by atoms with van der Waals surface area (Å²) in [6.45, 7) is 1.81. The summed E-state index contributed by atoms with van der Waals surface area (Å²) >= 11 is 0. The van der Waals surface area contributed by atoms with Gasteiger partial charge in [-0.05, 0) is 31.9 Å². The van der Waals surface area contributed by atoms with Crippen LogP contribution in [0.5, 0.6) is 0 Å². The molecule has 1 aromatic heterocycles. The van der Waals surface area contributed by atoms with E-state index in [-0.39, 0.29) is 5.56 Å². The fraction of sp³-hybridized carbons (Fsp3) is 0.357. The van der Waals surface area contributed by atoms with Gasteiger partial charge in [0.1, 0.15) is 11.6 Å². The van der Waals surface area contributed by atoms with Crippen molar-refractivity contribution in [1.82, 2.24) is 14.8 Å². The molecule has 1 saturated carbocycles. The predicted octanol–water partition coefficient (Wildman–Crippen LogP) is 2.39. The first-order valence-corrected chi connectivity index (χ1v) is 6.53. The smallest absolute Gasteiger partial charge is 0.260 e. The normalized spacial score (nSPS) is 14.3. The van der Waals surface area contributed by atoms with E-state index in [1.807, 2.05) is 6.92 Å². The second kappa shape index (κ2) is 4.70. The molecular weight excluding hydrogens is 259 g/mol. The van der Waals surface area contributed by atoms with Crippen molar-refractivity contribution in [3.8, 4) is 0 Å². The summed E-state index contributed by atoms with van der Waals surface area (Å²) in [5.41, 5.74) is 0.842. The molecule has 2 aromatic rings. The van der Waals surface area contributed by atoms with Crippen LogP contribution in [0.1, 0.15) is 40.5 Å². The predicted molar refractivity (Wildman–Crippen MR) is 72.1 cm³/mol. The monoisotopic (exact) mass is 274 g/mol. The molecule has 1 N–H and O–H groups in total. The minimum Gasteiger partial charge on any atom is -0.300 e. The molecule has 6 heteroatoms. The molecule has 104 valence electrons. The number of hydrogen-bond donors (Lipinski definition) is 1. The molecule has 0 bridgehead atoms. The van der Waals surface area contributed by atoms with Crippen molar-refractivity contribution in [3.63, 3.8) is 0 Å². The van der Waals surface area contributed by atoms with Crippen molar-refractivity contribution in [2.75, 3.05) is 5.32 Å². The number of aromatic nitrogens is 3. The summed E-state index contributed by atoms with van der Waals surface area (Å²) in [5.74, 6) is 0.596. The second-order valence-corrected chi connectivity index (χ2v) is 5.15. The molecule has 1 aliphatic rings. The Morgan fingerprint density at radius 3 is 2.85 bits per heavy atom. The number of halogens is 1. The van der Waals surface area contributed by atoms with E-state index in [0.717, 1.165) is 24.2 Å². The number of rotatable bonds is 3. The van der Waals surface area contributed by atoms with Gasteiger partial charge in [-0.2, -0.15) is 0 Å². The number of nitrogens with zero attached hydrogens (tertiary/aromatic N) is 3. The van der Waals surface area contributed by atoms with Gasteiger partial charge < -0.3 is 0 Å². The zero-order chi connectivity index (χ0) is 14.3. The Kier molecular flexibility index (Phi) is 3.00. The number of anilines is 1. The quantitative estimate of drug-likeness (QED) is 0.935. The number of benzene rings is 1. The first-order chi connectivity index (χ1) is 9.56. The average Bonchev–Trinajstić information content (AvgIpc) is 3.19. The Balaban J connectivity index is 1.83. The van der Waals surface area contributed by atoms with Crippen LogP contribution in [0, 0.1) is 12.7 Å². The minimum absolute atomic E-state index is 0.0148. The van der Waals surface area contributed by atoms with Gasteiger partial charge in [-0.3, -0.25) is 14.7 Å². The molecule has 5 nitrogen and oxygen atoms in total. The Morgan fingerprint density at radius 2 is 2.15 bits per heavy atom. The van der Waals surface area contributed by atoms with Gasteiger partial charge in [-0.1, -0.05) is 11.6 Å². The molecule has 0 aliphatic heterocycles. The maximum absolute atomic E-state index is 13.7. The molecule has 1 aliphatic carbocycles. The minimum atomic E-state index is -0.544. The third-order valence-electron chi connectivity index (χ3n) is 3.44. The molecule has 0 atom stereocenters. The lowest BCUT2D eigenvalue weighted by Crippen LogP contribution is -2.17. The fourth-order valence-corrected chi connectivity index (χ4v) is 2.13. The Hall–Kier alpha value is -2.24. The molecule has 20 heavy (non-hydrogen) atoms. The van der Waals surface area contributed by atoms with Crippen molar-refractivity contribution in [2.45, 2.75) is 25.7 Å². The van der Waals surface area contributed by atoms with Crippen LogP contribution in [-0.4, -0.2) is 20.7 Å². The average molecular weight is 274 g/mol. The van der Waals surface area contributed by atoms with Crippen LogP contribution in [0.3, 0.4) is 0 Å². The van der Waals surface area contributed by atoms with Crippen molar-refractivity contribution < 1.29 is 9.18 Å². The molecule has 1 amide bonds. The van der Waals surface area contributed by atoms with Crippen LogP contribution in [0.25, 0.3) is 0 Å². The Morgan fingerprint density at radius 1 is 1.40 bits per heavy atom. The maximum atomic E-state index is 13.7. The van der Waals surface area contributed by atoms with Crippen LogP contribution < -0.4 is 5.32 Å². The van der Waals surface area contributed by atoms with E-state index in [2.05, 4.69) is 15.5 Å². The largest absolute Gasteiger partial charge is 0.300 e. The van der Waals surface area contributed by atoms with Crippen LogP contribution in [-0.2, 0) is 7.05 Å². The van der Waals surface area contributed by atoms with Gasteiger partial charge in [0.2, 0.25) is 5.95 Å². The number of carbonyl (C=O) groups excluding carboxylic acids is 1. The third-order valence-corrected chi connectivity index (χ3v) is 3.44. The molecule has 0 saturated heterocycles. The number of nitrogens with one attached hydrogen (secondary N) is 1. The number of hydrogen-bond acceptors (Lipinski definition) is 3. The first-order valence-electron chi connectivity index (χ1n) is 6.53. The topological polar surface area (TPSA) is 59.8 Å². The van der Waals surface area contributed by atoms with E-state index in [4.69, 9.17) is 0 Å². The van der Waals surface area contributed by atoms with Gasteiger partial charge >= 0.3 is 0 Å². The SMILES string of the molecule is Cc1ccc(F)c(C(=O)Nc2nnc(C3CC3)n2C)c1. The van der Waals surface area contributed by atoms with Gasteiger partial charge in [-0.25, -0.2) is 4.39 Å². The summed E-state index contributed by atoms with van der Waals surface area (Å²) in [7, 11) is 1.80. The van der Waals surface area contributed by atoms with E-state index in [0.29, 0.717) is 11.9 Å². The van der Waals surface area contributed by atoms with Gasteiger partial charge in [-0.15, -0.1) is 10.2 Å². The number of carbonyl (C=O) groups is 1. The summed E-state index contributed by atoms with van der Waals surface area (Å²) in [5, 5.41) is 10.6. The van der Waals surface area contributed by atoms with E-state index in [1.165, 1.54) is 12.1 Å². The highest BCUT2D eigenvalue weighted by Gasteiger charge is 2.29. The first kappa shape index (κ1) is 12.8. The highest BCUT2D eigenvalue weighted by atomic mass is 19.1. The molecular formula is C14H15FN4O. The summed E-state index contributed by atoms with van der Waals surface area (Å²) < 4.78 is 15.4. The van der Waals surface area contributed by atoms with Crippen LogP contribution in [0.4, 0.5) is 10.3 Å². The second-order valence-electron chi connectivity index (χ2n) is 5.15. The van der Waals surface area contributed by atoms with Crippen molar-refractivity contribution in [3.05, 3.63) is 41.0 Å². The lowest BCUT2D eigenvalue weighted by molar-refractivity contribution is 0.102. The molecule has 0 spiro atoms. The highest BCUT2D eigenvalue weighted by molar-refractivity contribution is 6.03. The highest BCUT2D eigenvalue weighted by Crippen LogP contribution is 2.39. The van der Waals surface area contributed by atoms with E-state index in [1.54, 1.807) is 17.7 Å². The fourth-order valence-electron chi connectivity index (χ4n) is 2.13. The van der Waals surface area contributed by atoms with E-state index in [9.17, 15) is 9.18 Å². The van der Waals surface area contributed by atoms with Gasteiger partial charge in [0.25, 0.3) is 5.91 Å². The van der Waals surface area contributed by atoms with Crippen LogP contribution in [0.15, 0.2) is 18.2 Å². The molecule has 1 aromatic carbocycles. The summed E-state index contributed by atoms with van der Waals surface area (Å²) in [6, 6.07) is 4.43. The lowest BCUT2D eigenvalue weighted by Gasteiger charge is -2.07. The lowest BCUT2D eigenvalue weighted by atomic mass is 10.1. The molecule has 3 rings (SSSR count). The van der Waals surface area contributed by atoms with Crippen LogP contribution in [0.2, 0.25) is 0 Å². The summed E-state index contributed by atoms with van der Waals surface area (Å²) in [4.78, 5) is 12.1. The zero-order valence-electron chi connectivity index (χ0n) is 11.4. The molecule has 1 heterocycles. The molecule has 0 radical (unpaired) electrons. The summed E-state index contributed by atoms with van der Waals surface area (Å²) in [6.07, 6.45) is 2.21. The van der Waals surface area contributed by atoms with Gasteiger partial charge in [0.15, 0.2) is 0 Å². The maximum Gasteiger partial charge on any atom is 0.260 e. The van der Waals surface area contributed by atoms with Crippen molar-refractivity contribution in [2.24, 2.45) is 7.05 Å². The Labute approximate surface area is 115 Å². The van der Waals surface area contributed by atoms with E-state index >= 15 is 0 Å². The van der Waals surface area contributed by atoms with Crippen LogP contribution >= 0.6 is 0 Å². The Bertz CT molecular complexity index is 676.